The molecule has 5 nitrogen and oxygen atoms in total. The summed E-state index contributed by atoms with van der Waals surface area (Å²) in [5.41, 5.74) is 1.65. The first-order chi connectivity index (χ1) is 14.8. The van der Waals surface area contributed by atoms with Gasteiger partial charge in [-0.3, -0.25) is 9.59 Å². The molecule has 0 bridgehead atoms. The van der Waals surface area contributed by atoms with Gasteiger partial charge in [-0.2, -0.15) is 0 Å². The summed E-state index contributed by atoms with van der Waals surface area (Å²) >= 11 is 0. The second kappa shape index (κ2) is 8.20. The summed E-state index contributed by atoms with van der Waals surface area (Å²) in [7, 11) is 0. The van der Waals surface area contributed by atoms with Crippen molar-refractivity contribution in [3.63, 3.8) is 0 Å². The van der Waals surface area contributed by atoms with Crippen LogP contribution in [0.5, 0.6) is 0 Å². The number of H-pyrrole nitrogens is 1. The molecular weight excluding hydrogens is 402 g/mol. The second-order valence-electron chi connectivity index (χ2n) is 7.26. The van der Waals surface area contributed by atoms with Gasteiger partial charge >= 0.3 is 0 Å². The highest BCUT2D eigenvalue weighted by Gasteiger charge is 2.33. The number of hydrogen-bond donors (Lipinski definition) is 2. The number of carbonyl (C=O) groups excluding carboxylic acids is 2. The number of nitrogens with one attached hydrogen (secondary N) is 1. The standard InChI is InChI=1S/C24H18F2N2O3/c1-13(29)15-7-8-19-20(11-15)28-24(27-19)21(22(30)14-5-3-2-4-6-14)23(31)16-9-17(25)12-18(26)10-16/h2-13,21,29H,1H3,(H,27,28). The van der Waals surface area contributed by atoms with Crippen molar-refractivity contribution in [1.29, 1.82) is 0 Å². The van der Waals surface area contributed by atoms with Gasteiger partial charge in [0.15, 0.2) is 11.6 Å². The van der Waals surface area contributed by atoms with Crippen LogP contribution in [0.1, 0.15) is 51.0 Å². The summed E-state index contributed by atoms with van der Waals surface area (Å²) in [4.78, 5) is 33.9. The molecule has 4 rings (SSSR count). The van der Waals surface area contributed by atoms with E-state index < -0.39 is 35.2 Å². The van der Waals surface area contributed by atoms with E-state index in [1.54, 1.807) is 55.5 Å². The average molecular weight is 420 g/mol. The van der Waals surface area contributed by atoms with Crippen LogP contribution in [0, 0.1) is 11.6 Å². The Kier molecular flexibility index (Phi) is 5.44. The third-order valence-electron chi connectivity index (χ3n) is 5.01. The van der Waals surface area contributed by atoms with Crippen LogP contribution >= 0.6 is 0 Å². The van der Waals surface area contributed by atoms with Gasteiger partial charge in [-0.15, -0.1) is 0 Å². The molecule has 0 saturated heterocycles. The number of aliphatic hydroxyl groups excluding tert-OH is 1. The van der Waals surface area contributed by atoms with E-state index in [0.29, 0.717) is 22.7 Å². The zero-order valence-electron chi connectivity index (χ0n) is 16.5. The fourth-order valence-electron chi connectivity index (χ4n) is 3.44. The lowest BCUT2D eigenvalue weighted by atomic mass is 9.89. The Balaban J connectivity index is 1.85. The van der Waals surface area contributed by atoms with Gasteiger partial charge in [0.2, 0.25) is 0 Å². The van der Waals surface area contributed by atoms with Crippen LogP contribution in [-0.2, 0) is 0 Å². The summed E-state index contributed by atoms with van der Waals surface area (Å²) in [5, 5.41) is 9.81. The molecule has 4 aromatic rings. The number of fused-ring (bicyclic) bond motifs is 1. The quantitative estimate of drug-likeness (QED) is 0.349. The number of imidazole rings is 1. The molecule has 0 radical (unpaired) electrons. The number of Topliss-reactive ketones (excluding diaryl/α,β-unsaturated/α-hetero) is 2. The van der Waals surface area contributed by atoms with Crippen molar-refractivity contribution in [2.24, 2.45) is 0 Å². The van der Waals surface area contributed by atoms with Gasteiger partial charge in [-0.25, -0.2) is 13.8 Å². The summed E-state index contributed by atoms with van der Waals surface area (Å²) in [6, 6.07) is 15.6. The molecular formula is C24H18F2N2O3. The van der Waals surface area contributed by atoms with Crippen LogP contribution < -0.4 is 0 Å². The van der Waals surface area contributed by atoms with Crippen LogP contribution in [0.25, 0.3) is 11.0 Å². The lowest BCUT2D eigenvalue weighted by Crippen LogP contribution is -2.24. The van der Waals surface area contributed by atoms with Crippen molar-refractivity contribution < 1.29 is 23.5 Å². The predicted molar refractivity (Wildman–Crippen MR) is 111 cm³/mol. The fourth-order valence-corrected chi connectivity index (χ4v) is 3.44. The highest BCUT2D eigenvalue weighted by molar-refractivity contribution is 6.19. The van der Waals surface area contributed by atoms with E-state index in [2.05, 4.69) is 9.97 Å². The van der Waals surface area contributed by atoms with Crippen LogP contribution in [0.4, 0.5) is 8.78 Å². The van der Waals surface area contributed by atoms with E-state index in [0.717, 1.165) is 12.1 Å². The highest BCUT2D eigenvalue weighted by atomic mass is 19.1. The maximum atomic E-state index is 13.7. The summed E-state index contributed by atoms with van der Waals surface area (Å²) < 4.78 is 27.5. The number of aromatic amines is 1. The zero-order valence-corrected chi connectivity index (χ0v) is 16.5. The fraction of sp³-hybridized carbons (Fsp3) is 0.125. The molecule has 0 aliphatic carbocycles. The molecule has 0 fully saturated rings. The number of nitrogens with zero attached hydrogens (tertiary/aromatic N) is 1. The second-order valence-corrected chi connectivity index (χ2v) is 7.26. The molecule has 0 spiro atoms. The third kappa shape index (κ3) is 4.13. The Morgan fingerprint density at radius 3 is 2.19 bits per heavy atom. The van der Waals surface area contributed by atoms with E-state index in [1.165, 1.54) is 0 Å². The number of aromatic nitrogens is 2. The Hall–Kier alpha value is -3.71. The molecule has 1 aromatic heterocycles. The van der Waals surface area contributed by atoms with Crippen LogP contribution in [0.15, 0.2) is 66.7 Å². The van der Waals surface area contributed by atoms with Gasteiger partial charge < -0.3 is 10.1 Å². The van der Waals surface area contributed by atoms with Gasteiger partial charge in [0, 0.05) is 17.2 Å². The Labute approximate surface area is 176 Å². The number of hydrogen-bond acceptors (Lipinski definition) is 4. The average Bonchev–Trinajstić information content (AvgIpc) is 3.16. The molecule has 31 heavy (non-hydrogen) atoms. The predicted octanol–water partition coefficient (Wildman–Crippen LogP) is 4.74. The summed E-state index contributed by atoms with van der Waals surface area (Å²) in [5.74, 6) is -4.53. The minimum absolute atomic E-state index is 0.0567. The lowest BCUT2D eigenvalue weighted by Gasteiger charge is -2.13. The van der Waals surface area contributed by atoms with Crippen LogP contribution in [0.3, 0.4) is 0 Å². The van der Waals surface area contributed by atoms with Gasteiger partial charge in [-0.1, -0.05) is 36.4 Å². The Bertz CT molecular complexity index is 1260. The van der Waals surface area contributed by atoms with Crippen molar-refractivity contribution in [2.75, 3.05) is 0 Å². The molecule has 0 aliphatic rings. The van der Waals surface area contributed by atoms with Gasteiger partial charge in [0.1, 0.15) is 23.4 Å². The Morgan fingerprint density at radius 1 is 0.903 bits per heavy atom. The molecule has 3 aromatic carbocycles. The molecule has 2 unspecified atom stereocenters. The van der Waals surface area contributed by atoms with E-state index in [9.17, 15) is 23.5 Å². The number of carbonyl (C=O) groups is 2. The SMILES string of the molecule is CC(O)c1ccc2nc(C(C(=O)c3ccccc3)C(=O)c3cc(F)cc(F)c3)[nH]c2c1. The molecule has 2 N–H and O–H groups in total. The van der Waals surface area contributed by atoms with Crippen LogP contribution in [0.2, 0.25) is 0 Å². The molecule has 0 saturated carbocycles. The van der Waals surface area contributed by atoms with Crippen molar-refractivity contribution >= 4 is 22.6 Å². The van der Waals surface area contributed by atoms with Gasteiger partial charge in [0.25, 0.3) is 0 Å². The maximum Gasteiger partial charge on any atom is 0.181 e. The topological polar surface area (TPSA) is 83.1 Å². The number of benzene rings is 3. The highest BCUT2D eigenvalue weighted by Crippen LogP contribution is 2.27. The molecule has 2 atom stereocenters. The first-order valence-corrected chi connectivity index (χ1v) is 9.60. The smallest absolute Gasteiger partial charge is 0.181 e. The summed E-state index contributed by atoms with van der Waals surface area (Å²) in [6.07, 6.45) is -0.713. The normalized spacial score (nSPS) is 13.2. The van der Waals surface area contributed by atoms with Gasteiger partial charge in [-0.05, 0) is 36.8 Å². The number of rotatable bonds is 6. The molecule has 1 heterocycles. The van der Waals surface area contributed by atoms with Crippen molar-refractivity contribution in [1.82, 2.24) is 9.97 Å². The van der Waals surface area contributed by atoms with Crippen LogP contribution in [-0.4, -0.2) is 26.6 Å². The van der Waals surface area contributed by atoms with Crippen molar-refractivity contribution in [3.05, 3.63) is 101 Å². The monoisotopic (exact) mass is 420 g/mol. The molecule has 0 amide bonds. The molecule has 0 aliphatic heterocycles. The van der Waals surface area contributed by atoms with Gasteiger partial charge in [0.05, 0.1) is 17.1 Å². The van der Waals surface area contributed by atoms with E-state index >= 15 is 0 Å². The maximum absolute atomic E-state index is 13.7. The zero-order chi connectivity index (χ0) is 22.1. The summed E-state index contributed by atoms with van der Waals surface area (Å²) in [6.45, 7) is 1.61. The number of halogens is 2. The molecule has 7 heteroatoms. The first kappa shape index (κ1) is 20.6. The van der Waals surface area contributed by atoms with E-state index in [-0.39, 0.29) is 17.0 Å². The van der Waals surface area contributed by atoms with E-state index in [4.69, 9.17) is 0 Å². The first-order valence-electron chi connectivity index (χ1n) is 9.60. The minimum Gasteiger partial charge on any atom is -0.389 e. The van der Waals surface area contributed by atoms with Crippen molar-refractivity contribution in [3.8, 4) is 0 Å². The van der Waals surface area contributed by atoms with E-state index in [1.807, 2.05) is 0 Å². The number of aliphatic hydroxyl groups is 1. The third-order valence-corrected chi connectivity index (χ3v) is 5.01. The lowest BCUT2D eigenvalue weighted by molar-refractivity contribution is 0.0855. The largest absolute Gasteiger partial charge is 0.389 e. The van der Waals surface area contributed by atoms with Crippen molar-refractivity contribution in [2.45, 2.75) is 18.9 Å². The molecule has 156 valence electrons. The minimum atomic E-state index is -1.43. The Morgan fingerprint density at radius 2 is 1.55 bits per heavy atom. The number of ketones is 2.